The molecule has 0 saturated heterocycles. The fourth-order valence-electron chi connectivity index (χ4n) is 1.27. The molecule has 1 N–H and O–H groups in total. The molecule has 0 unspecified atom stereocenters. The first kappa shape index (κ1) is 11.5. The summed E-state index contributed by atoms with van der Waals surface area (Å²) in [5, 5.41) is 11.9. The minimum atomic E-state index is 0.694. The lowest BCUT2D eigenvalue weighted by atomic mass is 10.2. The van der Waals surface area contributed by atoms with Crippen molar-refractivity contribution in [3.63, 3.8) is 0 Å². The molecule has 0 radical (unpaired) electrons. The highest BCUT2D eigenvalue weighted by Crippen LogP contribution is 2.08. The maximum atomic E-state index is 8.62. The average molecular weight is 204 g/mol. The molecule has 0 heterocycles. The SMILES string of the molecule is COCCCCNc1ccc(C#N)cc1. The van der Waals surface area contributed by atoms with Crippen LogP contribution in [-0.4, -0.2) is 20.3 Å². The van der Waals surface area contributed by atoms with Crippen LogP contribution in [0.15, 0.2) is 24.3 Å². The van der Waals surface area contributed by atoms with Gasteiger partial charge in [0.2, 0.25) is 0 Å². The van der Waals surface area contributed by atoms with Crippen LogP contribution in [0.25, 0.3) is 0 Å². The summed E-state index contributed by atoms with van der Waals surface area (Å²) in [6, 6.07) is 9.58. The first-order valence-electron chi connectivity index (χ1n) is 5.10. The number of unbranched alkanes of at least 4 members (excludes halogenated alkanes) is 1. The van der Waals surface area contributed by atoms with E-state index in [0.717, 1.165) is 31.7 Å². The van der Waals surface area contributed by atoms with E-state index in [9.17, 15) is 0 Å². The first-order chi connectivity index (χ1) is 7.36. The lowest BCUT2D eigenvalue weighted by Gasteiger charge is -2.05. The summed E-state index contributed by atoms with van der Waals surface area (Å²) in [6.45, 7) is 1.75. The van der Waals surface area contributed by atoms with E-state index in [1.165, 1.54) is 0 Å². The Morgan fingerprint density at radius 1 is 1.27 bits per heavy atom. The number of nitrogens with zero attached hydrogens (tertiary/aromatic N) is 1. The minimum Gasteiger partial charge on any atom is -0.385 e. The lowest BCUT2D eigenvalue weighted by Crippen LogP contribution is -2.02. The summed E-state index contributed by atoms with van der Waals surface area (Å²) >= 11 is 0. The van der Waals surface area contributed by atoms with Gasteiger partial charge in [-0.05, 0) is 37.1 Å². The zero-order valence-corrected chi connectivity index (χ0v) is 8.99. The summed E-state index contributed by atoms with van der Waals surface area (Å²) in [5.74, 6) is 0. The largest absolute Gasteiger partial charge is 0.385 e. The van der Waals surface area contributed by atoms with Gasteiger partial charge in [0.15, 0.2) is 0 Å². The molecule has 15 heavy (non-hydrogen) atoms. The molecule has 0 fully saturated rings. The van der Waals surface area contributed by atoms with Gasteiger partial charge in [0.05, 0.1) is 11.6 Å². The number of hydrogen-bond acceptors (Lipinski definition) is 3. The third-order valence-corrected chi connectivity index (χ3v) is 2.12. The molecule has 3 heteroatoms. The van der Waals surface area contributed by atoms with Crippen LogP contribution in [0.1, 0.15) is 18.4 Å². The molecule has 1 aromatic carbocycles. The number of benzene rings is 1. The number of rotatable bonds is 6. The number of hydrogen-bond donors (Lipinski definition) is 1. The fourth-order valence-corrected chi connectivity index (χ4v) is 1.27. The second-order valence-corrected chi connectivity index (χ2v) is 3.32. The monoisotopic (exact) mass is 204 g/mol. The van der Waals surface area contributed by atoms with E-state index in [0.29, 0.717) is 5.56 Å². The van der Waals surface area contributed by atoms with Gasteiger partial charge in [-0.3, -0.25) is 0 Å². The summed E-state index contributed by atoms with van der Waals surface area (Å²) in [7, 11) is 1.72. The van der Waals surface area contributed by atoms with Gasteiger partial charge in [0, 0.05) is 25.9 Å². The maximum absolute atomic E-state index is 8.62. The highest BCUT2D eigenvalue weighted by molar-refractivity contribution is 5.46. The summed E-state index contributed by atoms with van der Waals surface area (Å²) in [5.41, 5.74) is 1.76. The van der Waals surface area contributed by atoms with Crippen LogP contribution in [0.2, 0.25) is 0 Å². The van der Waals surface area contributed by atoms with Gasteiger partial charge in [-0.25, -0.2) is 0 Å². The number of methoxy groups -OCH3 is 1. The fraction of sp³-hybridized carbons (Fsp3) is 0.417. The van der Waals surface area contributed by atoms with Crippen molar-refractivity contribution in [3.8, 4) is 6.07 Å². The quantitative estimate of drug-likeness (QED) is 0.724. The third kappa shape index (κ3) is 4.48. The van der Waals surface area contributed by atoms with Crippen LogP contribution >= 0.6 is 0 Å². The highest BCUT2D eigenvalue weighted by Gasteiger charge is 1.92. The zero-order valence-electron chi connectivity index (χ0n) is 8.99. The second kappa shape index (κ2) is 6.86. The van der Waals surface area contributed by atoms with Crippen molar-refractivity contribution in [1.29, 1.82) is 5.26 Å². The van der Waals surface area contributed by atoms with Gasteiger partial charge in [-0.1, -0.05) is 0 Å². The van der Waals surface area contributed by atoms with E-state index in [4.69, 9.17) is 10.00 Å². The molecule has 0 aliphatic carbocycles. The van der Waals surface area contributed by atoms with Crippen molar-refractivity contribution in [1.82, 2.24) is 0 Å². The molecule has 0 saturated carbocycles. The molecule has 1 aromatic rings. The molecule has 0 atom stereocenters. The van der Waals surface area contributed by atoms with Crippen molar-refractivity contribution in [3.05, 3.63) is 29.8 Å². The normalized spacial score (nSPS) is 9.60. The molecule has 0 spiro atoms. The Kier molecular flexibility index (Phi) is 5.28. The molecule has 80 valence electrons. The Hall–Kier alpha value is -1.53. The second-order valence-electron chi connectivity index (χ2n) is 3.32. The summed E-state index contributed by atoms with van der Waals surface area (Å²) < 4.78 is 4.96. The maximum Gasteiger partial charge on any atom is 0.0991 e. The van der Waals surface area contributed by atoms with Crippen LogP contribution in [0.3, 0.4) is 0 Å². The predicted molar refractivity (Wildman–Crippen MR) is 60.8 cm³/mol. The van der Waals surface area contributed by atoms with Gasteiger partial charge in [-0.15, -0.1) is 0 Å². The molecular formula is C12H16N2O. The topological polar surface area (TPSA) is 45.0 Å². The van der Waals surface area contributed by atoms with E-state index in [2.05, 4.69) is 11.4 Å². The highest BCUT2D eigenvalue weighted by atomic mass is 16.5. The average Bonchev–Trinajstić information content (AvgIpc) is 2.30. The molecule has 0 aliphatic rings. The van der Waals surface area contributed by atoms with Crippen LogP contribution in [-0.2, 0) is 4.74 Å². The standard InChI is InChI=1S/C12H16N2O/c1-15-9-3-2-8-14-12-6-4-11(10-13)5-7-12/h4-7,14H,2-3,8-9H2,1H3. The van der Waals surface area contributed by atoms with Gasteiger partial charge in [0.25, 0.3) is 0 Å². The smallest absolute Gasteiger partial charge is 0.0991 e. The Balaban J connectivity index is 2.23. The van der Waals surface area contributed by atoms with E-state index in [-0.39, 0.29) is 0 Å². The van der Waals surface area contributed by atoms with Crippen molar-refractivity contribution < 1.29 is 4.74 Å². The van der Waals surface area contributed by atoms with Crippen LogP contribution in [0.5, 0.6) is 0 Å². The first-order valence-corrected chi connectivity index (χ1v) is 5.10. The van der Waals surface area contributed by atoms with E-state index in [1.54, 1.807) is 7.11 Å². The van der Waals surface area contributed by atoms with E-state index >= 15 is 0 Å². The molecule has 0 aliphatic heterocycles. The molecule has 1 rings (SSSR count). The van der Waals surface area contributed by atoms with Crippen LogP contribution in [0.4, 0.5) is 5.69 Å². The van der Waals surface area contributed by atoms with Gasteiger partial charge >= 0.3 is 0 Å². The Bertz CT molecular complexity index is 313. The summed E-state index contributed by atoms with van der Waals surface area (Å²) in [4.78, 5) is 0. The molecular weight excluding hydrogens is 188 g/mol. The molecule has 0 aromatic heterocycles. The minimum absolute atomic E-state index is 0.694. The summed E-state index contributed by atoms with van der Waals surface area (Å²) in [6.07, 6.45) is 2.16. The number of ether oxygens (including phenoxy) is 1. The van der Waals surface area contributed by atoms with Crippen molar-refractivity contribution in [2.45, 2.75) is 12.8 Å². The molecule has 3 nitrogen and oxygen atoms in total. The van der Waals surface area contributed by atoms with Crippen molar-refractivity contribution >= 4 is 5.69 Å². The molecule has 0 amide bonds. The van der Waals surface area contributed by atoms with Gasteiger partial charge in [0.1, 0.15) is 0 Å². The number of nitrogens with one attached hydrogen (secondary N) is 1. The number of anilines is 1. The Labute approximate surface area is 90.7 Å². The predicted octanol–water partition coefficient (Wildman–Crippen LogP) is 2.40. The van der Waals surface area contributed by atoms with Crippen molar-refractivity contribution in [2.75, 3.05) is 25.6 Å². The van der Waals surface area contributed by atoms with E-state index < -0.39 is 0 Å². The zero-order chi connectivity index (χ0) is 10.9. The number of nitriles is 1. The van der Waals surface area contributed by atoms with E-state index in [1.807, 2.05) is 24.3 Å². The Morgan fingerprint density at radius 3 is 2.60 bits per heavy atom. The lowest BCUT2D eigenvalue weighted by molar-refractivity contribution is 0.194. The van der Waals surface area contributed by atoms with Gasteiger partial charge < -0.3 is 10.1 Å². The van der Waals surface area contributed by atoms with Crippen molar-refractivity contribution in [2.24, 2.45) is 0 Å². The third-order valence-electron chi connectivity index (χ3n) is 2.12. The molecule has 0 bridgehead atoms. The van der Waals surface area contributed by atoms with Crippen LogP contribution < -0.4 is 5.32 Å². The Morgan fingerprint density at radius 2 is 2.00 bits per heavy atom. The van der Waals surface area contributed by atoms with Gasteiger partial charge in [-0.2, -0.15) is 5.26 Å². The van der Waals surface area contributed by atoms with Crippen LogP contribution in [0, 0.1) is 11.3 Å².